The fourth-order valence-corrected chi connectivity index (χ4v) is 2.27. The molecule has 0 aliphatic heterocycles. The normalized spacial score (nSPS) is 11.6. The van der Waals surface area contributed by atoms with Gasteiger partial charge in [0.1, 0.15) is 0 Å². The van der Waals surface area contributed by atoms with E-state index in [0.717, 1.165) is 57.1 Å². The Morgan fingerprint density at radius 1 is 0.864 bits per heavy atom. The van der Waals surface area contributed by atoms with Crippen molar-refractivity contribution in [1.82, 2.24) is 0 Å². The number of aliphatic hydroxyl groups is 1. The van der Waals surface area contributed by atoms with Gasteiger partial charge in [-0.1, -0.05) is 44.2 Å². The van der Waals surface area contributed by atoms with Crippen LogP contribution < -0.4 is 0 Å². The van der Waals surface area contributed by atoms with Gasteiger partial charge in [0, 0.05) is 18.6 Å². The molecule has 5 heteroatoms. The second kappa shape index (κ2) is 9.62. The number of Topliss-reactive ketones (excluding diaryl/α,β-unsaturated/α-hetero) is 1. The van der Waals surface area contributed by atoms with Gasteiger partial charge in [0.05, 0.1) is 5.56 Å². The van der Waals surface area contributed by atoms with Crippen molar-refractivity contribution in [2.24, 2.45) is 0 Å². The summed E-state index contributed by atoms with van der Waals surface area (Å²) in [7, 11) is 0. The van der Waals surface area contributed by atoms with E-state index in [1.54, 1.807) is 0 Å². The SMILES string of the molecule is O=C(CCCCCCCCCO)c1ccc(C(F)(F)F)cc1. The molecule has 2 nitrogen and oxygen atoms in total. The molecule has 0 fully saturated rings. The summed E-state index contributed by atoms with van der Waals surface area (Å²) in [6, 6.07) is 4.41. The molecule has 1 N–H and O–H groups in total. The number of hydrogen-bond acceptors (Lipinski definition) is 2. The van der Waals surface area contributed by atoms with Crippen LogP contribution in [0.5, 0.6) is 0 Å². The van der Waals surface area contributed by atoms with Crippen molar-refractivity contribution >= 4 is 5.78 Å². The number of alkyl halides is 3. The number of benzene rings is 1. The van der Waals surface area contributed by atoms with Crippen molar-refractivity contribution < 1.29 is 23.1 Å². The molecule has 1 aromatic rings. The lowest BCUT2D eigenvalue weighted by Crippen LogP contribution is -2.06. The summed E-state index contributed by atoms with van der Waals surface area (Å²) < 4.78 is 37.3. The Kier molecular flexibility index (Phi) is 8.17. The summed E-state index contributed by atoms with van der Waals surface area (Å²) in [5, 5.41) is 8.64. The average Bonchev–Trinajstić information content (AvgIpc) is 2.49. The van der Waals surface area contributed by atoms with E-state index in [4.69, 9.17) is 5.11 Å². The van der Waals surface area contributed by atoms with Crippen molar-refractivity contribution in [3.8, 4) is 0 Å². The fraction of sp³-hybridized carbons (Fsp3) is 0.588. The molecule has 0 atom stereocenters. The Balaban J connectivity index is 2.23. The van der Waals surface area contributed by atoms with Gasteiger partial charge >= 0.3 is 6.18 Å². The van der Waals surface area contributed by atoms with Crippen LogP contribution in [0.1, 0.15) is 67.3 Å². The van der Waals surface area contributed by atoms with Crippen LogP contribution in [0.3, 0.4) is 0 Å². The molecule has 0 heterocycles. The van der Waals surface area contributed by atoms with E-state index in [1.165, 1.54) is 12.1 Å². The molecule has 1 aromatic carbocycles. The zero-order chi connectivity index (χ0) is 16.4. The minimum absolute atomic E-state index is 0.103. The highest BCUT2D eigenvalue weighted by Gasteiger charge is 2.30. The van der Waals surface area contributed by atoms with Crippen LogP contribution in [0, 0.1) is 0 Å². The molecule has 124 valence electrons. The number of carbonyl (C=O) groups excluding carboxylic acids is 1. The number of rotatable bonds is 10. The molecule has 0 aromatic heterocycles. The van der Waals surface area contributed by atoms with E-state index in [2.05, 4.69) is 0 Å². The van der Waals surface area contributed by atoms with E-state index in [-0.39, 0.29) is 12.4 Å². The zero-order valence-corrected chi connectivity index (χ0v) is 12.7. The van der Waals surface area contributed by atoms with Gasteiger partial charge in [-0.25, -0.2) is 0 Å². The molecular formula is C17H23F3O2. The first-order valence-corrected chi connectivity index (χ1v) is 7.76. The van der Waals surface area contributed by atoms with Gasteiger partial charge < -0.3 is 5.11 Å². The van der Waals surface area contributed by atoms with Crippen LogP contribution in [0.15, 0.2) is 24.3 Å². The van der Waals surface area contributed by atoms with Crippen molar-refractivity contribution in [3.63, 3.8) is 0 Å². The lowest BCUT2D eigenvalue weighted by atomic mass is 10.0. The van der Waals surface area contributed by atoms with Crippen LogP contribution in [0.2, 0.25) is 0 Å². The number of unbranched alkanes of at least 4 members (excludes halogenated alkanes) is 6. The van der Waals surface area contributed by atoms with E-state index in [0.29, 0.717) is 12.0 Å². The number of aliphatic hydroxyl groups excluding tert-OH is 1. The molecular weight excluding hydrogens is 293 g/mol. The van der Waals surface area contributed by atoms with Crippen LogP contribution >= 0.6 is 0 Å². The molecule has 0 aliphatic rings. The van der Waals surface area contributed by atoms with Gasteiger partial charge in [0.15, 0.2) is 5.78 Å². The summed E-state index contributed by atoms with van der Waals surface area (Å²) in [6.45, 7) is 0.238. The lowest BCUT2D eigenvalue weighted by molar-refractivity contribution is -0.137. The molecule has 0 radical (unpaired) electrons. The summed E-state index contributed by atoms with van der Waals surface area (Å²) in [4.78, 5) is 11.9. The van der Waals surface area contributed by atoms with Crippen LogP contribution in [-0.4, -0.2) is 17.5 Å². The molecule has 0 unspecified atom stereocenters. The number of ketones is 1. The first-order valence-electron chi connectivity index (χ1n) is 7.76. The molecule has 0 saturated carbocycles. The predicted octanol–water partition coefficient (Wildman–Crippen LogP) is 5.00. The summed E-state index contributed by atoms with van der Waals surface area (Å²) in [5.74, 6) is -0.103. The van der Waals surface area contributed by atoms with E-state index in [9.17, 15) is 18.0 Å². The minimum Gasteiger partial charge on any atom is -0.396 e. The summed E-state index contributed by atoms with van der Waals surface area (Å²) >= 11 is 0. The molecule has 0 amide bonds. The summed E-state index contributed by atoms with van der Waals surface area (Å²) in [6.07, 6.45) is 2.83. The van der Waals surface area contributed by atoms with Gasteiger partial charge in [-0.3, -0.25) is 4.79 Å². The van der Waals surface area contributed by atoms with Gasteiger partial charge in [-0.2, -0.15) is 13.2 Å². The highest BCUT2D eigenvalue weighted by Crippen LogP contribution is 2.29. The predicted molar refractivity (Wildman–Crippen MR) is 79.8 cm³/mol. The Hall–Kier alpha value is -1.36. The van der Waals surface area contributed by atoms with Crippen LogP contribution in [0.4, 0.5) is 13.2 Å². The smallest absolute Gasteiger partial charge is 0.396 e. The topological polar surface area (TPSA) is 37.3 Å². The number of halogens is 3. The highest BCUT2D eigenvalue weighted by atomic mass is 19.4. The van der Waals surface area contributed by atoms with Gasteiger partial charge in [-0.05, 0) is 25.0 Å². The molecule has 0 bridgehead atoms. The maximum atomic E-state index is 12.4. The molecule has 22 heavy (non-hydrogen) atoms. The second-order valence-corrected chi connectivity index (χ2v) is 5.45. The van der Waals surface area contributed by atoms with Crippen LogP contribution in [-0.2, 0) is 6.18 Å². The third-order valence-corrected chi connectivity index (χ3v) is 3.60. The first kappa shape index (κ1) is 18.7. The van der Waals surface area contributed by atoms with Crippen LogP contribution in [0.25, 0.3) is 0 Å². The second-order valence-electron chi connectivity index (χ2n) is 5.45. The van der Waals surface area contributed by atoms with Crippen molar-refractivity contribution in [3.05, 3.63) is 35.4 Å². The van der Waals surface area contributed by atoms with Gasteiger partial charge in [0.25, 0.3) is 0 Å². The van der Waals surface area contributed by atoms with Crippen molar-refractivity contribution in [2.45, 2.75) is 57.5 Å². The monoisotopic (exact) mass is 316 g/mol. The number of carbonyl (C=O) groups is 1. The Labute approximate surface area is 129 Å². The zero-order valence-electron chi connectivity index (χ0n) is 12.7. The van der Waals surface area contributed by atoms with E-state index >= 15 is 0 Å². The third-order valence-electron chi connectivity index (χ3n) is 3.60. The van der Waals surface area contributed by atoms with E-state index in [1.807, 2.05) is 0 Å². The molecule has 1 rings (SSSR count). The third kappa shape index (κ3) is 7.07. The standard InChI is InChI=1S/C17H23F3O2/c18-17(19,20)15-11-9-14(10-12-15)16(22)8-6-4-2-1-3-5-7-13-21/h9-12,21H,1-8,13H2. The lowest BCUT2D eigenvalue weighted by Gasteiger charge is -2.07. The quantitative estimate of drug-likeness (QED) is 0.487. The van der Waals surface area contributed by atoms with Crippen molar-refractivity contribution in [1.29, 1.82) is 0 Å². The highest BCUT2D eigenvalue weighted by molar-refractivity contribution is 5.96. The maximum absolute atomic E-state index is 12.4. The molecule has 0 spiro atoms. The number of hydrogen-bond donors (Lipinski definition) is 1. The Morgan fingerprint density at radius 3 is 1.86 bits per heavy atom. The Morgan fingerprint density at radius 2 is 1.36 bits per heavy atom. The minimum atomic E-state index is -4.36. The van der Waals surface area contributed by atoms with Gasteiger partial charge in [-0.15, -0.1) is 0 Å². The first-order chi connectivity index (χ1) is 10.4. The summed E-state index contributed by atoms with van der Waals surface area (Å²) in [5.41, 5.74) is -0.386. The molecule has 0 aliphatic carbocycles. The fourth-order valence-electron chi connectivity index (χ4n) is 2.27. The average molecular weight is 316 g/mol. The molecule has 0 saturated heterocycles. The van der Waals surface area contributed by atoms with Crippen molar-refractivity contribution in [2.75, 3.05) is 6.61 Å². The Bertz CT molecular complexity index is 438. The van der Waals surface area contributed by atoms with Gasteiger partial charge in [0.2, 0.25) is 0 Å². The largest absolute Gasteiger partial charge is 0.416 e. The maximum Gasteiger partial charge on any atom is 0.416 e. The van der Waals surface area contributed by atoms with E-state index < -0.39 is 11.7 Å².